The van der Waals surface area contributed by atoms with E-state index in [-0.39, 0.29) is 50.9 Å². The van der Waals surface area contributed by atoms with Gasteiger partial charge in [0.05, 0.1) is 25.9 Å². The first kappa shape index (κ1) is 28.0. The second-order valence-corrected chi connectivity index (χ2v) is 9.48. The van der Waals surface area contributed by atoms with E-state index in [4.69, 9.17) is 14.6 Å². The smallest absolute Gasteiger partial charge is 0.417 e. The molecule has 0 saturated carbocycles. The Morgan fingerprint density at radius 3 is 2.35 bits per heavy atom. The average molecular weight is 539 g/mol. The molecule has 0 aliphatic heterocycles. The van der Waals surface area contributed by atoms with Gasteiger partial charge in [0.2, 0.25) is 10.0 Å². The quantitative estimate of drug-likeness (QED) is 0.367. The van der Waals surface area contributed by atoms with Gasteiger partial charge >= 0.3 is 6.18 Å². The molecule has 0 unspecified atom stereocenters. The summed E-state index contributed by atoms with van der Waals surface area (Å²) >= 11 is 0. The third-order valence-corrected chi connectivity index (χ3v) is 6.28. The maximum absolute atomic E-state index is 13.8. The normalized spacial score (nSPS) is 11.8. The Balaban J connectivity index is 1.95. The number of halogens is 3. The summed E-state index contributed by atoms with van der Waals surface area (Å²) in [5, 5.41) is 17.6. The maximum atomic E-state index is 13.8. The highest BCUT2D eigenvalue weighted by atomic mass is 32.2. The zero-order valence-corrected chi connectivity index (χ0v) is 20.7. The molecule has 37 heavy (non-hydrogen) atoms. The summed E-state index contributed by atoms with van der Waals surface area (Å²) in [5.41, 5.74) is -0.553. The Labute approximate surface area is 211 Å². The molecular weight excluding hydrogens is 513 g/mol. The second-order valence-electron chi connectivity index (χ2n) is 7.95. The molecule has 4 N–H and O–H groups in total. The number of ether oxygens (including phenoxy) is 2. The van der Waals surface area contributed by atoms with Crippen LogP contribution in [0, 0.1) is 0 Å². The number of amides is 1. The van der Waals surface area contributed by atoms with Crippen LogP contribution >= 0.6 is 0 Å². The number of primary sulfonamides is 1. The van der Waals surface area contributed by atoms with E-state index in [1.807, 2.05) is 6.92 Å². The lowest BCUT2D eigenvalue weighted by Crippen LogP contribution is -2.16. The molecule has 3 aromatic carbocycles. The number of aliphatic hydroxyl groups is 1. The Kier molecular flexibility index (Phi) is 8.46. The van der Waals surface area contributed by atoms with Gasteiger partial charge in [0.15, 0.2) is 0 Å². The second kappa shape index (κ2) is 11.2. The summed E-state index contributed by atoms with van der Waals surface area (Å²) in [6.45, 7) is 1.51. The van der Waals surface area contributed by atoms with Gasteiger partial charge in [-0.1, -0.05) is 19.1 Å². The standard InChI is InChI=1S/C25H25F3N2O6S/c1-3-10-36-18-6-8-20(21(13-18)25(26,27)28)19-7-5-17(11-16(19)14-31)30-24(32)15-4-9-23(37(29,33)34)22(12-15)35-2/h4-9,11-13,31H,3,10,14H2,1-2H3,(H,30,32)(H2,29,33,34). The lowest BCUT2D eigenvalue weighted by atomic mass is 9.94. The number of hydrogen-bond donors (Lipinski definition) is 3. The van der Waals surface area contributed by atoms with Gasteiger partial charge in [-0.15, -0.1) is 0 Å². The topological polar surface area (TPSA) is 128 Å². The number of alkyl halides is 3. The number of rotatable bonds is 9. The Morgan fingerprint density at radius 2 is 1.76 bits per heavy atom. The van der Waals surface area contributed by atoms with Crippen LogP contribution in [-0.4, -0.2) is 33.1 Å². The molecule has 0 heterocycles. The summed E-state index contributed by atoms with van der Waals surface area (Å²) in [6.07, 6.45) is -4.04. The van der Waals surface area contributed by atoms with Crippen molar-refractivity contribution >= 4 is 21.6 Å². The molecule has 8 nitrogen and oxygen atoms in total. The zero-order valence-electron chi connectivity index (χ0n) is 19.9. The fourth-order valence-electron chi connectivity index (χ4n) is 3.61. The molecule has 1 amide bonds. The Morgan fingerprint density at radius 1 is 1.05 bits per heavy atom. The van der Waals surface area contributed by atoms with Crippen molar-refractivity contribution in [2.75, 3.05) is 19.0 Å². The van der Waals surface area contributed by atoms with E-state index >= 15 is 0 Å². The molecule has 0 atom stereocenters. The molecule has 0 bridgehead atoms. The van der Waals surface area contributed by atoms with Crippen molar-refractivity contribution in [3.05, 3.63) is 71.3 Å². The lowest BCUT2D eigenvalue weighted by Gasteiger charge is -2.18. The molecule has 3 aromatic rings. The van der Waals surface area contributed by atoms with Crippen LogP contribution in [0.25, 0.3) is 11.1 Å². The number of sulfonamides is 1. The molecule has 0 aliphatic rings. The number of benzene rings is 3. The number of carbonyl (C=O) groups is 1. The van der Waals surface area contributed by atoms with Gasteiger partial charge in [0, 0.05) is 11.3 Å². The van der Waals surface area contributed by atoms with Crippen LogP contribution in [0.15, 0.2) is 59.5 Å². The number of methoxy groups -OCH3 is 1. The Hall–Kier alpha value is -3.61. The van der Waals surface area contributed by atoms with E-state index in [2.05, 4.69) is 5.32 Å². The number of carbonyl (C=O) groups excluding carboxylic acids is 1. The van der Waals surface area contributed by atoms with Gasteiger partial charge in [0.1, 0.15) is 16.4 Å². The van der Waals surface area contributed by atoms with Crippen molar-refractivity contribution in [1.29, 1.82) is 0 Å². The van der Waals surface area contributed by atoms with Crippen LogP contribution < -0.4 is 19.9 Å². The lowest BCUT2D eigenvalue weighted by molar-refractivity contribution is -0.137. The molecule has 12 heteroatoms. The number of nitrogens with two attached hydrogens (primary N) is 1. The van der Waals surface area contributed by atoms with Gasteiger partial charge in [0.25, 0.3) is 5.91 Å². The van der Waals surface area contributed by atoms with Gasteiger partial charge in [-0.2, -0.15) is 13.2 Å². The predicted molar refractivity (Wildman–Crippen MR) is 131 cm³/mol. The third kappa shape index (κ3) is 6.59. The SMILES string of the molecule is CCCOc1ccc(-c2ccc(NC(=O)c3ccc(S(N)(=O)=O)c(OC)c3)cc2CO)c(C(F)(F)F)c1. The number of anilines is 1. The first-order valence-corrected chi connectivity index (χ1v) is 12.5. The van der Waals surface area contributed by atoms with E-state index in [1.165, 1.54) is 49.6 Å². The van der Waals surface area contributed by atoms with Crippen LogP contribution in [0.4, 0.5) is 18.9 Å². The fraction of sp³-hybridized carbons (Fsp3) is 0.240. The minimum Gasteiger partial charge on any atom is -0.495 e. The molecule has 0 fully saturated rings. The summed E-state index contributed by atoms with van der Waals surface area (Å²) in [6, 6.07) is 11.3. The van der Waals surface area contributed by atoms with Crippen molar-refractivity contribution in [3.8, 4) is 22.6 Å². The van der Waals surface area contributed by atoms with Gasteiger partial charge in [-0.25, -0.2) is 13.6 Å². The van der Waals surface area contributed by atoms with Crippen molar-refractivity contribution in [2.24, 2.45) is 5.14 Å². The van der Waals surface area contributed by atoms with E-state index < -0.39 is 34.3 Å². The zero-order chi connectivity index (χ0) is 27.4. The van der Waals surface area contributed by atoms with Crippen molar-refractivity contribution in [1.82, 2.24) is 0 Å². The highest BCUT2D eigenvalue weighted by molar-refractivity contribution is 7.89. The van der Waals surface area contributed by atoms with Crippen LogP contribution in [0.2, 0.25) is 0 Å². The number of aliphatic hydroxyl groups excluding tert-OH is 1. The van der Waals surface area contributed by atoms with Crippen LogP contribution in [0.3, 0.4) is 0 Å². The largest absolute Gasteiger partial charge is 0.495 e. The van der Waals surface area contributed by atoms with Gasteiger partial charge in [-0.3, -0.25) is 4.79 Å². The van der Waals surface area contributed by atoms with E-state index in [0.717, 1.165) is 12.1 Å². The van der Waals surface area contributed by atoms with Crippen LogP contribution in [0.1, 0.15) is 34.8 Å². The highest BCUT2D eigenvalue weighted by Crippen LogP contribution is 2.41. The monoisotopic (exact) mass is 538 g/mol. The van der Waals surface area contributed by atoms with Crippen LogP contribution in [-0.2, 0) is 22.8 Å². The molecule has 0 saturated heterocycles. The fourth-order valence-corrected chi connectivity index (χ4v) is 4.30. The number of nitrogens with one attached hydrogen (secondary N) is 1. The summed E-state index contributed by atoms with van der Waals surface area (Å²) in [7, 11) is -2.86. The average Bonchev–Trinajstić information content (AvgIpc) is 2.85. The summed E-state index contributed by atoms with van der Waals surface area (Å²) < 4.78 is 75.2. The molecule has 0 aromatic heterocycles. The molecule has 0 aliphatic carbocycles. The molecular formula is C25H25F3N2O6S. The Bertz CT molecular complexity index is 1410. The van der Waals surface area contributed by atoms with E-state index in [1.54, 1.807) is 0 Å². The number of hydrogen-bond acceptors (Lipinski definition) is 6. The van der Waals surface area contributed by atoms with Crippen molar-refractivity contribution in [2.45, 2.75) is 31.0 Å². The molecule has 0 spiro atoms. The summed E-state index contributed by atoms with van der Waals surface area (Å²) in [4.78, 5) is 12.4. The minimum atomic E-state index is -4.68. The first-order valence-electron chi connectivity index (χ1n) is 11.0. The molecule has 198 valence electrons. The minimum absolute atomic E-state index is 0.0425. The van der Waals surface area contributed by atoms with Gasteiger partial charge < -0.3 is 19.9 Å². The molecule has 0 radical (unpaired) electrons. The van der Waals surface area contributed by atoms with E-state index in [0.29, 0.717) is 6.42 Å². The van der Waals surface area contributed by atoms with Crippen molar-refractivity contribution in [3.63, 3.8) is 0 Å². The van der Waals surface area contributed by atoms with E-state index in [9.17, 15) is 31.5 Å². The van der Waals surface area contributed by atoms with Crippen molar-refractivity contribution < 1.29 is 41.0 Å². The highest BCUT2D eigenvalue weighted by Gasteiger charge is 2.34. The van der Waals surface area contributed by atoms with Crippen LogP contribution in [0.5, 0.6) is 11.5 Å². The first-order chi connectivity index (χ1) is 17.4. The summed E-state index contributed by atoms with van der Waals surface area (Å²) in [5.74, 6) is -0.701. The predicted octanol–water partition coefficient (Wildman–Crippen LogP) is 4.56. The van der Waals surface area contributed by atoms with Gasteiger partial charge in [-0.05, 0) is 65.6 Å². The third-order valence-electron chi connectivity index (χ3n) is 5.33. The maximum Gasteiger partial charge on any atom is 0.417 e. The molecule has 3 rings (SSSR count).